The number of hydrogen-bond donors (Lipinski definition) is 0. The highest BCUT2D eigenvalue weighted by Crippen LogP contribution is 2.41. The molecular weight excluding hydrogens is 699 g/mol. The van der Waals surface area contributed by atoms with E-state index in [-0.39, 0.29) is 6.04 Å². The Morgan fingerprint density at radius 1 is 0.474 bits per heavy atom. The summed E-state index contributed by atoms with van der Waals surface area (Å²) in [6.45, 7) is 0. The lowest BCUT2D eigenvalue weighted by Crippen LogP contribution is -2.06. The highest BCUT2D eigenvalue weighted by molar-refractivity contribution is 6.18. The third-order valence-electron chi connectivity index (χ3n) is 11.5. The largest absolute Gasteiger partial charge is 0.455 e. The van der Waals surface area contributed by atoms with E-state index in [1.165, 1.54) is 32.6 Å². The van der Waals surface area contributed by atoms with Crippen molar-refractivity contribution < 1.29 is 4.42 Å². The molecule has 0 bridgehead atoms. The lowest BCUT2D eigenvalue weighted by molar-refractivity contribution is 0.648. The third kappa shape index (κ3) is 4.94. The first-order valence-electron chi connectivity index (χ1n) is 19.4. The van der Waals surface area contributed by atoms with Crippen molar-refractivity contribution in [2.45, 2.75) is 12.5 Å². The molecule has 11 aromatic rings. The maximum Gasteiger partial charge on any atom is 0.167 e. The van der Waals surface area contributed by atoms with Crippen molar-refractivity contribution in [3.63, 3.8) is 0 Å². The number of furan rings is 1. The number of nitrogens with zero attached hydrogens (tertiary/aromatic N) is 5. The molecule has 6 heteroatoms. The molecule has 0 spiro atoms. The maximum atomic E-state index is 6.46. The second-order valence-corrected chi connectivity index (χ2v) is 14.7. The molecule has 1 atom stereocenters. The lowest BCUT2D eigenvalue weighted by Gasteiger charge is -2.18. The van der Waals surface area contributed by atoms with Crippen LogP contribution in [0.2, 0.25) is 0 Å². The van der Waals surface area contributed by atoms with Crippen LogP contribution in [0.4, 0.5) is 0 Å². The van der Waals surface area contributed by atoms with Gasteiger partial charge in [0, 0.05) is 54.6 Å². The summed E-state index contributed by atoms with van der Waals surface area (Å²) in [5.74, 6) is 1.76. The van der Waals surface area contributed by atoms with Crippen LogP contribution >= 0.6 is 0 Å². The van der Waals surface area contributed by atoms with Gasteiger partial charge in [-0.1, -0.05) is 133 Å². The van der Waals surface area contributed by atoms with E-state index in [1.807, 2.05) is 60.7 Å². The SMILES string of the molecule is C1=CCC(n2c3ccccc3c3cc4c(cc32)c2ccccc2n4-c2cccc(-c3nc(-c4ccccc4)nc(-c4cccc5c4oc4ccccc45)n3)c2)C=C1. The molecular formula is C51H33N5O. The molecule has 0 N–H and O–H groups in total. The predicted molar refractivity (Wildman–Crippen MR) is 233 cm³/mol. The Labute approximate surface area is 327 Å². The Morgan fingerprint density at radius 3 is 1.96 bits per heavy atom. The number of fused-ring (bicyclic) bond motifs is 9. The summed E-state index contributed by atoms with van der Waals surface area (Å²) in [5.41, 5.74) is 10.1. The standard InChI is InChI=1S/C51H33N5O/c1-3-15-32(16-4-1)49-52-50(54-51(53-49)40-25-14-24-39-38-23-9-12-28-47(38)57-48(39)40)33-17-13-20-35(29-33)56-44-27-11-8-22-37(44)42-30-45-41(31-46(42)56)36-21-7-10-26-43(36)55(45)34-18-5-2-6-19-34/h1-18,20-31,34H,19H2. The van der Waals surface area contributed by atoms with Crippen molar-refractivity contribution in [1.29, 1.82) is 0 Å². The topological polar surface area (TPSA) is 61.7 Å². The normalized spacial score (nSPS) is 14.3. The molecule has 7 aromatic carbocycles. The van der Waals surface area contributed by atoms with Gasteiger partial charge in [-0.2, -0.15) is 0 Å². The van der Waals surface area contributed by atoms with Crippen molar-refractivity contribution in [3.05, 3.63) is 182 Å². The van der Waals surface area contributed by atoms with Crippen LogP contribution in [0.25, 0.3) is 105 Å². The summed E-state index contributed by atoms with van der Waals surface area (Å²) in [6, 6.07) is 55.6. The Morgan fingerprint density at radius 2 is 1.12 bits per heavy atom. The lowest BCUT2D eigenvalue weighted by atomic mass is 10.1. The summed E-state index contributed by atoms with van der Waals surface area (Å²) in [5, 5.41) is 7.03. The van der Waals surface area contributed by atoms with E-state index < -0.39 is 0 Å². The number of allylic oxidation sites excluding steroid dienone is 4. The van der Waals surface area contributed by atoms with Crippen LogP contribution in [-0.4, -0.2) is 24.1 Å². The van der Waals surface area contributed by atoms with E-state index >= 15 is 0 Å². The van der Waals surface area contributed by atoms with Gasteiger partial charge >= 0.3 is 0 Å². The average molecular weight is 732 g/mol. The number of rotatable bonds is 5. The quantitative estimate of drug-likeness (QED) is 0.177. The Kier molecular flexibility index (Phi) is 6.95. The second kappa shape index (κ2) is 12.5. The Balaban J connectivity index is 1.07. The van der Waals surface area contributed by atoms with Crippen LogP contribution in [0.1, 0.15) is 12.5 Å². The van der Waals surface area contributed by atoms with E-state index in [1.54, 1.807) is 0 Å². The van der Waals surface area contributed by atoms with Crippen LogP contribution in [-0.2, 0) is 0 Å². The zero-order chi connectivity index (χ0) is 37.5. The summed E-state index contributed by atoms with van der Waals surface area (Å²) < 4.78 is 11.4. The highest BCUT2D eigenvalue weighted by atomic mass is 16.3. The first kappa shape index (κ1) is 31.7. The van der Waals surface area contributed by atoms with Crippen LogP contribution in [0.15, 0.2) is 186 Å². The van der Waals surface area contributed by atoms with E-state index in [4.69, 9.17) is 19.4 Å². The second-order valence-electron chi connectivity index (χ2n) is 14.7. The fourth-order valence-corrected chi connectivity index (χ4v) is 8.90. The summed E-state index contributed by atoms with van der Waals surface area (Å²) >= 11 is 0. The van der Waals surface area contributed by atoms with Gasteiger partial charge in [-0.15, -0.1) is 0 Å². The number of benzene rings is 7. The van der Waals surface area contributed by atoms with Gasteiger partial charge < -0.3 is 13.6 Å². The number of hydrogen-bond acceptors (Lipinski definition) is 4. The van der Waals surface area contributed by atoms with E-state index in [0.717, 1.165) is 61.8 Å². The van der Waals surface area contributed by atoms with Crippen LogP contribution in [0.3, 0.4) is 0 Å². The molecule has 12 rings (SSSR count). The van der Waals surface area contributed by atoms with Gasteiger partial charge in [0.1, 0.15) is 11.2 Å². The first-order valence-corrected chi connectivity index (χ1v) is 19.4. The van der Waals surface area contributed by atoms with E-state index in [0.29, 0.717) is 17.5 Å². The molecule has 1 unspecified atom stereocenters. The zero-order valence-electron chi connectivity index (χ0n) is 30.7. The van der Waals surface area contributed by atoms with Gasteiger partial charge in [-0.3, -0.25) is 0 Å². The highest BCUT2D eigenvalue weighted by Gasteiger charge is 2.22. The Hall–Kier alpha value is -7.57. The molecule has 0 radical (unpaired) electrons. The van der Waals surface area contributed by atoms with Crippen molar-refractivity contribution in [3.8, 4) is 39.9 Å². The van der Waals surface area contributed by atoms with Crippen molar-refractivity contribution in [1.82, 2.24) is 24.1 Å². The fraction of sp³-hybridized carbons (Fsp3) is 0.0392. The van der Waals surface area contributed by atoms with Gasteiger partial charge in [0.15, 0.2) is 17.5 Å². The number of aromatic nitrogens is 5. The average Bonchev–Trinajstić information content (AvgIpc) is 3.93. The van der Waals surface area contributed by atoms with Gasteiger partial charge in [-0.25, -0.2) is 15.0 Å². The van der Waals surface area contributed by atoms with Crippen molar-refractivity contribution in [2.75, 3.05) is 0 Å². The summed E-state index contributed by atoms with van der Waals surface area (Å²) in [7, 11) is 0. The minimum Gasteiger partial charge on any atom is -0.455 e. The molecule has 268 valence electrons. The van der Waals surface area contributed by atoms with E-state index in [9.17, 15) is 0 Å². The van der Waals surface area contributed by atoms with Crippen molar-refractivity contribution >= 4 is 65.6 Å². The molecule has 0 saturated carbocycles. The first-order chi connectivity index (χ1) is 28.3. The monoisotopic (exact) mass is 731 g/mol. The molecule has 0 amide bonds. The van der Waals surface area contributed by atoms with Crippen LogP contribution < -0.4 is 0 Å². The van der Waals surface area contributed by atoms with Gasteiger partial charge in [0.25, 0.3) is 0 Å². The molecule has 0 fully saturated rings. The third-order valence-corrected chi connectivity index (χ3v) is 11.5. The Bertz CT molecular complexity index is 3460. The van der Waals surface area contributed by atoms with Crippen molar-refractivity contribution in [2.24, 2.45) is 0 Å². The molecule has 0 saturated heterocycles. The maximum absolute atomic E-state index is 6.46. The molecule has 1 aliphatic carbocycles. The van der Waals surface area contributed by atoms with Crippen LogP contribution in [0, 0.1) is 0 Å². The summed E-state index contributed by atoms with van der Waals surface area (Å²) in [6.07, 6.45) is 9.86. The minimum absolute atomic E-state index is 0.254. The summed E-state index contributed by atoms with van der Waals surface area (Å²) in [4.78, 5) is 15.4. The van der Waals surface area contributed by atoms with Gasteiger partial charge in [0.05, 0.1) is 28.2 Å². The predicted octanol–water partition coefficient (Wildman–Crippen LogP) is 13.0. The van der Waals surface area contributed by atoms with Gasteiger partial charge in [0.2, 0.25) is 0 Å². The molecule has 57 heavy (non-hydrogen) atoms. The number of para-hydroxylation sites is 4. The van der Waals surface area contributed by atoms with Crippen LogP contribution in [0.5, 0.6) is 0 Å². The molecule has 0 aliphatic heterocycles. The smallest absolute Gasteiger partial charge is 0.167 e. The molecule has 4 heterocycles. The molecule has 4 aromatic heterocycles. The minimum atomic E-state index is 0.254. The van der Waals surface area contributed by atoms with Gasteiger partial charge in [-0.05, 0) is 55.0 Å². The molecule has 1 aliphatic rings. The molecule has 6 nitrogen and oxygen atoms in total. The zero-order valence-corrected chi connectivity index (χ0v) is 30.7. The van der Waals surface area contributed by atoms with E-state index in [2.05, 4.69) is 131 Å². The fourth-order valence-electron chi connectivity index (χ4n) is 8.90.